The number of nitrogens with zero attached hydrogens (tertiary/aromatic N) is 1. The molecule has 3 nitrogen and oxygen atoms in total. The van der Waals surface area contributed by atoms with Crippen molar-refractivity contribution in [3.05, 3.63) is 37.8 Å². The van der Waals surface area contributed by atoms with Gasteiger partial charge in [0.05, 0.1) is 15.9 Å². The maximum Gasteiger partial charge on any atom is 0.262 e. The molecule has 1 aliphatic carbocycles. The van der Waals surface area contributed by atoms with E-state index >= 15 is 0 Å². The van der Waals surface area contributed by atoms with Crippen molar-refractivity contribution >= 4 is 34.7 Å². The summed E-state index contributed by atoms with van der Waals surface area (Å²) >= 11 is 11.4. The highest BCUT2D eigenvalue weighted by atomic mass is 35.5. The molecule has 0 unspecified atom stereocenters. The lowest BCUT2D eigenvalue weighted by Crippen LogP contribution is -2.21. The predicted molar refractivity (Wildman–Crippen MR) is 71.4 cm³/mol. The van der Waals surface area contributed by atoms with E-state index in [-0.39, 0.29) is 11.6 Å². The molecular weight excluding hydrogens is 256 g/mol. The van der Waals surface area contributed by atoms with Crippen LogP contribution in [0, 0.1) is 11.7 Å². The average molecular weight is 267 g/mol. The Morgan fingerprint density at radius 3 is 2.82 bits per heavy atom. The summed E-state index contributed by atoms with van der Waals surface area (Å²) in [6.45, 7) is 1.92. The van der Waals surface area contributed by atoms with Gasteiger partial charge in [0.15, 0.2) is 4.77 Å². The molecule has 0 atom stereocenters. The molecule has 1 N–H and O–H groups in total. The van der Waals surface area contributed by atoms with E-state index in [1.165, 1.54) is 0 Å². The van der Waals surface area contributed by atoms with Gasteiger partial charge < -0.3 is 4.98 Å². The van der Waals surface area contributed by atoms with Crippen LogP contribution in [0.2, 0.25) is 5.02 Å². The molecule has 1 aromatic heterocycles. The van der Waals surface area contributed by atoms with Gasteiger partial charge in [0.2, 0.25) is 0 Å². The van der Waals surface area contributed by atoms with Crippen molar-refractivity contribution in [1.29, 1.82) is 0 Å². The van der Waals surface area contributed by atoms with E-state index in [4.69, 9.17) is 23.8 Å². The third kappa shape index (κ3) is 1.72. The van der Waals surface area contributed by atoms with Gasteiger partial charge in [0, 0.05) is 6.04 Å². The number of aromatic nitrogens is 2. The minimum absolute atomic E-state index is 0.0307. The third-order valence-corrected chi connectivity index (χ3v) is 3.64. The number of benzene rings is 1. The van der Waals surface area contributed by atoms with Gasteiger partial charge in [-0.05, 0) is 49.7 Å². The van der Waals surface area contributed by atoms with Gasteiger partial charge in [0.25, 0.3) is 5.56 Å². The van der Waals surface area contributed by atoms with E-state index in [1.54, 1.807) is 4.57 Å². The number of H-pyrrole nitrogens is 1. The number of halogens is 1. The van der Waals surface area contributed by atoms with Crippen LogP contribution >= 0.6 is 23.8 Å². The largest absolute Gasteiger partial charge is 0.330 e. The fraction of sp³-hybridized carbons (Fsp3) is 0.333. The highest BCUT2D eigenvalue weighted by molar-refractivity contribution is 7.71. The number of rotatable bonds is 1. The van der Waals surface area contributed by atoms with Gasteiger partial charge >= 0.3 is 0 Å². The van der Waals surface area contributed by atoms with Crippen LogP contribution in [-0.4, -0.2) is 9.55 Å². The van der Waals surface area contributed by atoms with Crippen molar-refractivity contribution in [2.75, 3.05) is 0 Å². The lowest BCUT2D eigenvalue weighted by molar-refractivity contribution is 0.685. The van der Waals surface area contributed by atoms with Crippen molar-refractivity contribution in [2.24, 2.45) is 0 Å². The van der Waals surface area contributed by atoms with Crippen LogP contribution < -0.4 is 5.56 Å². The predicted octanol–water partition coefficient (Wildman–Crippen LogP) is 3.36. The van der Waals surface area contributed by atoms with E-state index < -0.39 is 0 Å². The number of aryl methyl sites for hydroxylation is 1. The first-order valence-corrected chi connectivity index (χ1v) is 6.31. The summed E-state index contributed by atoms with van der Waals surface area (Å²) in [6, 6.07) is 3.96. The lowest BCUT2D eigenvalue weighted by Gasteiger charge is -2.08. The second kappa shape index (κ2) is 3.68. The number of nitrogens with one attached hydrogen (secondary N) is 1. The molecule has 88 valence electrons. The highest BCUT2D eigenvalue weighted by Crippen LogP contribution is 2.34. The molecular formula is C12H11ClN2OS. The second-order valence-corrected chi connectivity index (χ2v) is 5.30. The quantitative estimate of drug-likeness (QED) is 0.804. The van der Waals surface area contributed by atoms with Gasteiger partial charge in [-0.3, -0.25) is 9.36 Å². The summed E-state index contributed by atoms with van der Waals surface area (Å²) in [7, 11) is 0. The van der Waals surface area contributed by atoms with Gasteiger partial charge in [0.1, 0.15) is 0 Å². The number of hydrogen-bond acceptors (Lipinski definition) is 2. The molecule has 1 fully saturated rings. The number of aromatic amines is 1. The first-order valence-electron chi connectivity index (χ1n) is 5.52. The van der Waals surface area contributed by atoms with E-state index in [1.807, 2.05) is 19.1 Å². The monoisotopic (exact) mass is 266 g/mol. The topological polar surface area (TPSA) is 37.8 Å². The minimum Gasteiger partial charge on any atom is -0.330 e. The van der Waals surface area contributed by atoms with Crippen molar-refractivity contribution < 1.29 is 0 Å². The molecule has 3 rings (SSSR count). The van der Waals surface area contributed by atoms with Gasteiger partial charge in [-0.2, -0.15) is 0 Å². The van der Waals surface area contributed by atoms with Gasteiger partial charge in [-0.1, -0.05) is 11.6 Å². The molecule has 0 saturated heterocycles. The van der Waals surface area contributed by atoms with Gasteiger partial charge in [-0.25, -0.2) is 0 Å². The SMILES string of the molecule is Cc1cc(Cl)c2[nH]c(=S)n(C3CC3)c(=O)c2c1. The summed E-state index contributed by atoms with van der Waals surface area (Å²) in [5, 5.41) is 1.17. The molecule has 5 heteroatoms. The van der Waals surface area contributed by atoms with E-state index in [0.717, 1.165) is 18.4 Å². The van der Waals surface area contributed by atoms with Gasteiger partial charge in [-0.15, -0.1) is 0 Å². The highest BCUT2D eigenvalue weighted by Gasteiger charge is 2.26. The Hall–Kier alpha value is -1.13. The molecule has 0 spiro atoms. The van der Waals surface area contributed by atoms with E-state index in [2.05, 4.69) is 4.98 Å². The Morgan fingerprint density at radius 2 is 2.18 bits per heavy atom. The van der Waals surface area contributed by atoms with E-state index in [0.29, 0.717) is 20.7 Å². The Balaban J connectivity index is 2.49. The summed E-state index contributed by atoms with van der Waals surface area (Å²) < 4.78 is 2.14. The zero-order chi connectivity index (χ0) is 12.2. The maximum absolute atomic E-state index is 12.4. The molecule has 0 radical (unpaired) electrons. The van der Waals surface area contributed by atoms with E-state index in [9.17, 15) is 4.79 Å². The number of hydrogen-bond donors (Lipinski definition) is 1. The van der Waals surface area contributed by atoms with Crippen LogP contribution in [0.4, 0.5) is 0 Å². The summed E-state index contributed by atoms with van der Waals surface area (Å²) in [6.07, 6.45) is 2.06. The van der Waals surface area contributed by atoms with Crippen LogP contribution in [0.5, 0.6) is 0 Å². The van der Waals surface area contributed by atoms with Crippen LogP contribution in [0.15, 0.2) is 16.9 Å². The minimum atomic E-state index is -0.0307. The first kappa shape index (κ1) is 11.0. The van der Waals surface area contributed by atoms with Crippen LogP contribution in [-0.2, 0) is 0 Å². The Labute approximate surface area is 108 Å². The summed E-state index contributed by atoms with van der Waals surface area (Å²) in [5.74, 6) is 0. The molecule has 2 aromatic rings. The smallest absolute Gasteiger partial charge is 0.262 e. The second-order valence-electron chi connectivity index (χ2n) is 4.51. The first-order chi connectivity index (χ1) is 8.08. The van der Waals surface area contributed by atoms with Crippen molar-refractivity contribution in [1.82, 2.24) is 9.55 Å². The Kier molecular flexibility index (Phi) is 2.38. The average Bonchev–Trinajstić information content (AvgIpc) is 3.04. The molecule has 0 aliphatic heterocycles. The fourth-order valence-corrected chi connectivity index (χ4v) is 2.75. The van der Waals surface area contributed by atoms with Crippen molar-refractivity contribution in [3.8, 4) is 0 Å². The lowest BCUT2D eigenvalue weighted by atomic mass is 10.1. The zero-order valence-electron chi connectivity index (χ0n) is 9.29. The summed E-state index contributed by atoms with van der Waals surface area (Å²) in [5.41, 5.74) is 1.59. The fourth-order valence-electron chi connectivity index (χ4n) is 2.09. The standard InChI is InChI=1S/C12H11ClN2OS/c1-6-4-8-10(9(13)5-6)14-12(17)15(11(8)16)7-2-3-7/h4-5,7H,2-3H2,1H3,(H,14,17). The van der Waals surface area contributed by atoms with Crippen molar-refractivity contribution in [3.63, 3.8) is 0 Å². The third-order valence-electron chi connectivity index (χ3n) is 3.05. The van der Waals surface area contributed by atoms with Crippen LogP contribution in [0.3, 0.4) is 0 Å². The molecule has 17 heavy (non-hydrogen) atoms. The Bertz CT molecular complexity index is 728. The van der Waals surface area contributed by atoms with Crippen LogP contribution in [0.1, 0.15) is 24.4 Å². The van der Waals surface area contributed by atoms with Crippen LogP contribution in [0.25, 0.3) is 10.9 Å². The van der Waals surface area contributed by atoms with Crippen molar-refractivity contribution in [2.45, 2.75) is 25.8 Å². The summed E-state index contributed by atoms with van der Waals surface area (Å²) in [4.78, 5) is 15.4. The molecule has 0 amide bonds. The zero-order valence-corrected chi connectivity index (χ0v) is 10.9. The number of fused-ring (bicyclic) bond motifs is 1. The molecule has 1 aliphatic rings. The molecule has 1 saturated carbocycles. The normalized spacial score (nSPS) is 15.4. The molecule has 0 bridgehead atoms. The maximum atomic E-state index is 12.4. The Morgan fingerprint density at radius 1 is 1.47 bits per heavy atom. The molecule has 1 heterocycles. The molecule has 1 aromatic carbocycles.